The first-order chi connectivity index (χ1) is 25.9. The van der Waals surface area contributed by atoms with Crippen molar-refractivity contribution < 1.29 is 55.3 Å². The van der Waals surface area contributed by atoms with Gasteiger partial charge in [0.2, 0.25) is 5.60 Å². The molecule has 2 unspecified atom stereocenters. The summed E-state index contributed by atoms with van der Waals surface area (Å²) in [6.07, 6.45) is -5.92. The number of piperidine rings is 2. The number of ether oxygens (including phenoxy) is 2. The number of aliphatic carboxylic acids is 1. The Morgan fingerprint density at radius 1 is 1.00 bits per heavy atom. The lowest BCUT2D eigenvalue weighted by Crippen LogP contribution is -2.68. The number of alkyl halides is 6. The number of carboxylic acids is 1. The third-order valence-corrected chi connectivity index (χ3v) is 11.4. The molecule has 55 heavy (non-hydrogen) atoms. The van der Waals surface area contributed by atoms with Crippen LogP contribution < -0.4 is 9.47 Å². The number of likely N-dealkylation sites (tertiary alicyclic amines) is 2. The lowest BCUT2D eigenvalue weighted by Gasteiger charge is -2.50. The molecule has 2 amide bonds. The Hall–Kier alpha value is -4.34. The summed E-state index contributed by atoms with van der Waals surface area (Å²) in [5, 5.41) is 10.6. The lowest BCUT2D eigenvalue weighted by molar-refractivity contribution is -0.160. The number of para-hydroxylation sites is 1. The molecule has 2 saturated heterocycles. The second-order valence-electron chi connectivity index (χ2n) is 14.7. The fourth-order valence-corrected chi connectivity index (χ4v) is 8.17. The number of amides is 2. The summed E-state index contributed by atoms with van der Waals surface area (Å²) in [6.45, 7) is 5.85. The molecule has 1 aromatic carbocycles. The van der Waals surface area contributed by atoms with Crippen molar-refractivity contribution in [3.05, 3.63) is 75.7 Å². The van der Waals surface area contributed by atoms with Crippen molar-refractivity contribution in [2.24, 2.45) is 5.41 Å². The van der Waals surface area contributed by atoms with E-state index in [0.717, 1.165) is 35.3 Å². The molecule has 2 fully saturated rings. The maximum atomic E-state index is 14.9. The van der Waals surface area contributed by atoms with Gasteiger partial charge in [-0.25, -0.2) is 0 Å². The molecule has 1 N–H and O–H groups in total. The van der Waals surface area contributed by atoms with Gasteiger partial charge in [-0.2, -0.15) is 26.3 Å². The third-order valence-electron chi connectivity index (χ3n) is 10.4. The number of pyridine rings is 1. The zero-order valence-electron chi connectivity index (χ0n) is 30.8. The number of nitrogens with zero attached hydrogens (tertiary/aromatic N) is 3. The first-order valence-corrected chi connectivity index (χ1v) is 19.2. The van der Waals surface area contributed by atoms with Crippen molar-refractivity contribution in [2.45, 2.75) is 102 Å². The zero-order valence-corrected chi connectivity index (χ0v) is 31.7. The summed E-state index contributed by atoms with van der Waals surface area (Å²) < 4.78 is 95.6. The normalized spacial score (nSPS) is 20.0. The minimum Gasteiger partial charge on any atom is -0.493 e. The van der Waals surface area contributed by atoms with Gasteiger partial charge in [-0.3, -0.25) is 19.4 Å². The van der Waals surface area contributed by atoms with Crippen LogP contribution in [0.25, 0.3) is 0 Å². The van der Waals surface area contributed by atoms with E-state index in [1.807, 2.05) is 24.3 Å². The number of carboxylic acid groups (broad SMARTS) is 1. The number of aromatic nitrogens is 1. The molecule has 300 valence electrons. The molecule has 2 atom stereocenters. The van der Waals surface area contributed by atoms with E-state index >= 15 is 0 Å². The standard InChI is InChI=1S/C39H45F6N3O6S/c1-4-10-30-37(54-26-23-31(55-24-26)39(43,44)45,17-8-19-48(30)33(49)32-28(38(40,41)42)12-7-18-46-32)34(50)47-20-14-25(15-21-47)27-11-5-6-13-29(27)53-22-9-16-36(2,3)35(51)52/h5-7,11-13,18,23-25,30H,4,8-10,14-17,19-22H2,1-3H3,(H,51,52). The molecule has 2 aliphatic heterocycles. The molecule has 0 radical (unpaired) electrons. The molecule has 4 heterocycles. The van der Waals surface area contributed by atoms with Gasteiger partial charge in [-0.05, 0) is 82.1 Å². The predicted molar refractivity (Wildman–Crippen MR) is 192 cm³/mol. The van der Waals surface area contributed by atoms with Gasteiger partial charge in [-0.15, -0.1) is 11.3 Å². The Bertz CT molecular complexity index is 1820. The number of carbonyl (C=O) groups excluding carboxylic acids is 2. The van der Waals surface area contributed by atoms with E-state index in [4.69, 9.17) is 9.47 Å². The summed E-state index contributed by atoms with van der Waals surface area (Å²) in [5.41, 5.74) is -3.94. The number of thiophene rings is 1. The van der Waals surface area contributed by atoms with Gasteiger partial charge < -0.3 is 24.4 Å². The average molecular weight is 798 g/mol. The number of hydrogen-bond donors (Lipinski definition) is 1. The van der Waals surface area contributed by atoms with Gasteiger partial charge >= 0.3 is 18.3 Å². The van der Waals surface area contributed by atoms with E-state index in [1.54, 1.807) is 25.7 Å². The van der Waals surface area contributed by atoms with Crippen LogP contribution in [0.5, 0.6) is 11.5 Å². The Balaban J connectivity index is 1.42. The van der Waals surface area contributed by atoms with Crippen molar-refractivity contribution in [3.63, 3.8) is 0 Å². The highest BCUT2D eigenvalue weighted by Gasteiger charge is 2.56. The maximum absolute atomic E-state index is 14.9. The molecule has 16 heteroatoms. The average Bonchev–Trinajstić information content (AvgIpc) is 3.63. The fourth-order valence-electron chi connectivity index (χ4n) is 7.49. The van der Waals surface area contributed by atoms with Crippen LogP contribution in [0.2, 0.25) is 0 Å². The number of benzene rings is 1. The van der Waals surface area contributed by atoms with Crippen LogP contribution in [0.1, 0.15) is 105 Å². The first-order valence-electron chi connectivity index (χ1n) is 18.3. The zero-order chi connectivity index (χ0) is 40.2. The smallest absolute Gasteiger partial charge is 0.425 e. The van der Waals surface area contributed by atoms with Gasteiger partial charge in [-0.1, -0.05) is 31.5 Å². The SMILES string of the molecule is CCCC1N(C(=O)c2ncccc2C(F)(F)F)CCCC1(Oc1csc(C(F)(F)F)c1)C(=O)N1CCC(c2ccccc2OCCCC(C)(C)C(=O)O)CC1. The molecular formula is C39H45F6N3O6S. The number of rotatable bonds is 13. The molecule has 0 saturated carbocycles. The van der Waals surface area contributed by atoms with Gasteiger partial charge in [0, 0.05) is 43.7 Å². The lowest BCUT2D eigenvalue weighted by atomic mass is 9.79. The summed E-state index contributed by atoms with van der Waals surface area (Å²) in [5.74, 6) is -2.09. The van der Waals surface area contributed by atoms with Crippen molar-refractivity contribution in [1.82, 2.24) is 14.8 Å². The maximum Gasteiger partial charge on any atom is 0.425 e. The number of halogens is 6. The number of carbonyl (C=O) groups is 3. The van der Waals surface area contributed by atoms with Gasteiger partial charge in [0.15, 0.2) is 0 Å². The van der Waals surface area contributed by atoms with Crippen LogP contribution in [-0.2, 0) is 21.9 Å². The topological polar surface area (TPSA) is 109 Å². The molecule has 0 spiro atoms. The van der Waals surface area contributed by atoms with Crippen LogP contribution in [0.4, 0.5) is 26.3 Å². The van der Waals surface area contributed by atoms with Crippen LogP contribution in [0.3, 0.4) is 0 Å². The molecule has 9 nitrogen and oxygen atoms in total. The molecule has 2 aromatic heterocycles. The summed E-state index contributed by atoms with van der Waals surface area (Å²) in [4.78, 5) is 46.0. The van der Waals surface area contributed by atoms with Crippen molar-refractivity contribution in [2.75, 3.05) is 26.2 Å². The van der Waals surface area contributed by atoms with E-state index < -0.39 is 63.3 Å². The van der Waals surface area contributed by atoms with E-state index in [-0.39, 0.29) is 50.6 Å². The van der Waals surface area contributed by atoms with Crippen molar-refractivity contribution in [3.8, 4) is 11.5 Å². The minimum atomic E-state index is -4.89. The minimum absolute atomic E-state index is 0.0140. The van der Waals surface area contributed by atoms with Gasteiger partial charge in [0.05, 0.1) is 23.6 Å². The summed E-state index contributed by atoms with van der Waals surface area (Å²) in [7, 11) is 0. The van der Waals surface area contributed by atoms with Crippen molar-refractivity contribution in [1.29, 1.82) is 0 Å². The predicted octanol–water partition coefficient (Wildman–Crippen LogP) is 9.08. The molecular weight excluding hydrogens is 752 g/mol. The summed E-state index contributed by atoms with van der Waals surface area (Å²) in [6, 6.07) is 8.99. The monoisotopic (exact) mass is 797 g/mol. The van der Waals surface area contributed by atoms with Crippen LogP contribution in [-0.4, -0.2) is 75.6 Å². The van der Waals surface area contributed by atoms with Crippen LogP contribution in [0.15, 0.2) is 54.0 Å². The Morgan fingerprint density at radius 3 is 2.35 bits per heavy atom. The molecule has 5 rings (SSSR count). The van der Waals surface area contributed by atoms with Gasteiger partial charge in [0.1, 0.15) is 22.1 Å². The fraction of sp³-hybridized carbons (Fsp3) is 0.538. The first kappa shape index (κ1) is 41.8. The largest absolute Gasteiger partial charge is 0.493 e. The third kappa shape index (κ3) is 9.38. The highest BCUT2D eigenvalue weighted by atomic mass is 32.1. The van der Waals surface area contributed by atoms with E-state index in [1.165, 1.54) is 4.90 Å². The Morgan fingerprint density at radius 2 is 1.71 bits per heavy atom. The number of hydrogen-bond acceptors (Lipinski definition) is 7. The van der Waals surface area contributed by atoms with E-state index in [0.29, 0.717) is 55.8 Å². The second-order valence-corrected chi connectivity index (χ2v) is 15.6. The second kappa shape index (κ2) is 16.8. The summed E-state index contributed by atoms with van der Waals surface area (Å²) >= 11 is 0.394. The molecule has 2 aliphatic rings. The highest BCUT2D eigenvalue weighted by Crippen LogP contribution is 2.44. The van der Waals surface area contributed by atoms with E-state index in [2.05, 4.69) is 4.98 Å². The Kier molecular flexibility index (Phi) is 12.8. The van der Waals surface area contributed by atoms with E-state index in [9.17, 15) is 45.8 Å². The highest BCUT2D eigenvalue weighted by molar-refractivity contribution is 7.10. The molecule has 3 aromatic rings. The molecule has 0 bridgehead atoms. The van der Waals surface area contributed by atoms with Gasteiger partial charge in [0.25, 0.3) is 11.8 Å². The molecule has 0 aliphatic carbocycles. The Labute approximate surface area is 319 Å². The van der Waals surface area contributed by atoms with Crippen LogP contribution >= 0.6 is 11.3 Å². The van der Waals surface area contributed by atoms with Crippen LogP contribution in [0, 0.1) is 5.41 Å². The quantitative estimate of drug-likeness (QED) is 0.136. The van der Waals surface area contributed by atoms with Crippen molar-refractivity contribution >= 4 is 29.1 Å².